The number of rotatable bonds is 1. The van der Waals surface area contributed by atoms with Gasteiger partial charge in [-0.3, -0.25) is 0 Å². The van der Waals surface area contributed by atoms with Gasteiger partial charge >= 0.3 is 0 Å². The first kappa shape index (κ1) is 10.5. The molecule has 1 aromatic heterocycles. The molecule has 0 aliphatic carbocycles. The molecule has 4 nitrogen and oxygen atoms in total. The first-order valence-electron chi connectivity index (χ1n) is 6.19. The van der Waals surface area contributed by atoms with Crippen molar-refractivity contribution in [1.82, 2.24) is 10.3 Å². The maximum absolute atomic E-state index is 8.87. The summed E-state index contributed by atoms with van der Waals surface area (Å²) in [6.45, 7) is 4.42. The van der Waals surface area contributed by atoms with Crippen LogP contribution in [-0.4, -0.2) is 31.2 Å². The second kappa shape index (κ2) is 4.34. The monoisotopic (exact) mass is 228 g/mol. The highest BCUT2D eigenvalue weighted by atomic mass is 15.2. The molecule has 3 heterocycles. The number of aromatic nitrogens is 1. The van der Waals surface area contributed by atoms with Crippen LogP contribution in [-0.2, 0) is 0 Å². The number of fused-ring (bicyclic) bond motifs is 1. The average Bonchev–Trinajstić information content (AvgIpc) is 2.86. The molecule has 0 saturated carbocycles. The van der Waals surface area contributed by atoms with Gasteiger partial charge in [0.15, 0.2) is 0 Å². The molecule has 2 unspecified atom stereocenters. The van der Waals surface area contributed by atoms with Crippen molar-refractivity contribution in [2.75, 3.05) is 31.1 Å². The highest BCUT2D eigenvalue weighted by Crippen LogP contribution is 2.28. The van der Waals surface area contributed by atoms with Crippen LogP contribution in [0, 0.1) is 23.2 Å². The van der Waals surface area contributed by atoms with E-state index in [0.29, 0.717) is 5.69 Å². The molecule has 0 aromatic carbocycles. The Balaban J connectivity index is 1.78. The van der Waals surface area contributed by atoms with E-state index in [1.54, 1.807) is 6.07 Å². The van der Waals surface area contributed by atoms with Crippen LogP contribution >= 0.6 is 0 Å². The zero-order chi connectivity index (χ0) is 11.7. The van der Waals surface area contributed by atoms with Crippen molar-refractivity contribution >= 4 is 5.82 Å². The van der Waals surface area contributed by atoms with Crippen LogP contribution in [0.15, 0.2) is 18.2 Å². The summed E-state index contributed by atoms with van der Waals surface area (Å²) in [6.07, 6.45) is 1.23. The van der Waals surface area contributed by atoms with E-state index in [1.165, 1.54) is 13.0 Å². The molecule has 2 aliphatic heterocycles. The third-order valence-electron chi connectivity index (χ3n) is 3.88. The fourth-order valence-corrected chi connectivity index (χ4v) is 2.90. The Bertz CT molecular complexity index is 451. The number of nitrogens with one attached hydrogen (secondary N) is 1. The third-order valence-corrected chi connectivity index (χ3v) is 3.88. The van der Waals surface area contributed by atoms with Gasteiger partial charge in [0, 0.05) is 13.1 Å². The molecule has 0 amide bonds. The molecule has 17 heavy (non-hydrogen) atoms. The van der Waals surface area contributed by atoms with Crippen LogP contribution in [0.25, 0.3) is 0 Å². The predicted octanol–water partition coefficient (Wildman–Crippen LogP) is 0.999. The van der Waals surface area contributed by atoms with Gasteiger partial charge in [0.05, 0.1) is 0 Å². The molecule has 2 atom stereocenters. The van der Waals surface area contributed by atoms with Crippen LogP contribution < -0.4 is 10.2 Å². The largest absolute Gasteiger partial charge is 0.356 e. The standard InChI is InChI=1S/C13H16N4/c14-6-12-2-1-3-13(16-12)17-5-4-10-7-15-8-11(10)9-17/h1-3,10-11,15H,4-5,7-9H2. The van der Waals surface area contributed by atoms with Crippen LogP contribution in [0.5, 0.6) is 0 Å². The normalized spacial score (nSPS) is 27.6. The first-order chi connectivity index (χ1) is 8.36. The van der Waals surface area contributed by atoms with E-state index in [0.717, 1.165) is 37.3 Å². The Hall–Kier alpha value is -1.60. The Morgan fingerprint density at radius 2 is 2.24 bits per heavy atom. The predicted molar refractivity (Wildman–Crippen MR) is 65.6 cm³/mol. The molecule has 2 fully saturated rings. The van der Waals surface area contributed by atoms with Gasteiger partial charge in [-0.25, -0.2) is 4.98 Å². The molecule has 1 aromatic rings. The summed E-state index contributed by atoms with van der Waals surface area (Å²) in [7, 11) is 0. The van der Waals surface area contributed by atoms with Crippen molar-refractivity contribution in [2.45, 2.75) is 6.42 Å². The van der Waals surface area contributed by atoms with Gasteiger partial charge in [0.25, 0.3) is 0 Å². The lowest BCUT2D eigenvalue weighted by Crippen LogP contribution is -2.40. The first-order valence-corrected chi connectivity index (χ1v) is 6.19. The average molecular weight is 228 g/mol. The van der Waals surface area contributed by atoms with E-state index in [1.807, 2.05) is 12.1 Å². The van der Waals surface area contributed by atoms with E-state index in [2.05, 4.69) is 21.3 Å². The highest BCUT2D eigenvalue weighted by molar-refractivity contribution is 5.42. The number of pyridine rings is 1. The number of anilines is 1. The van der Waals surface area contributed by atoms with Crippen molar-refractivity contribution in [3.8, 4) is 6.07 Å². The minimum Gasteiger partial charge on any atom is -0.356 e. The van der Waals surface area contributed by atoms with E-state index >= 15 is 0 Å². The fourth-order valence-electron chi connectivity index (χ4n) is 2.90. The van der Waals surface area contributed by atoms with Gasteiger partial charge in [0.1, 0.15) is 17.6 Å². The van der Waals surface area contributed by atoms with Gasteiger partial charge in [-0.05, 0) is 43.5 Å². The Kier molecular flexibility index (Phi) is 2.69. The Morgan fingerprint density at radius 1 is 1.35 bits per heavy atom. The Morgan fingerprint density at radius 3 is 3.12 bits per heavy atom. The third kappa shape index (κ3) is 1.98. The number of nitrogens with zero attached hydrogens (tertiary/aromatic N) is 3. The molecule has 0 bridgehead atoms. The highest BCUT2D eigenvalue weighted by Gasteiger charge is 2.33. The smallest absolute Gasteiger partial charge is 0.142 e. The minimum atomic E-state index is 0.508. The molecule has 88 valence electrons. The summed E-state index contributed by atoms with van der Waals surface area (Å²) in [4.78, 5) is 6.69. The summed E-state index contributed by atoms with van der Waals surface area (Å²) >= 11 is 0. The zero-order valence-electron chi connectivity index (χ0n) is 9.76. The maximum Gasteiger partial charge on any atom is 0.142 e. The number of hydrogen-bond donors (Lipinski definition) is 1. The molecule has 0 radical (unpaired) electrons. The van der Waals surface area contributed by atoms with Crippen molar-refractivity contribution in [1.29, 1.82) is 5.26 Å². The maximum atomic E-state index is 8.87. The summed E-state index contributed by atoms with van der Waals surface area (Å²) in [6, 6.07) is 7.78. The lowest BCUT2D eigenvalue weighted by molar-refractivity contribution is 0.347. The van der Waals surface area contributed by atoms with Gasteiger partial charge in [-0.15, -0.1) is 0 Å². The van der Waals surface area contributed by atoms with Gasteiger partial charge in [0.2, 0.25) is 0 Å². The summed E-state index contributed by atoms with van der Waals surface area (Å²) in [5.74, 6) is 2.54. The van der Waals surface area contributed by atoms with E-state index in [-0.39, 0.29) is 0 Å². The van der Waals surface area contributed by atoms with Crippen molar-refractivity contribution < 1.29 is 0 Å². The minimum absolute atomic E-state index is 0.508. The van der Waals surface area contributed by atoms with Crippen molar-refractivity contribution in [2.24, 2.45) is 11.8 Å². The summed E-state index contributed by atoms with van der Waals surface area (Å²) in [5.41, 5.74) is 0.508. The number of hydrogen-bond acceptors (Lipinski definition) is 4. The lowest BCUT2D eigenvalue weighted by Gasteiger charge is -2.35. The quantitative estimate of drug-likeness (QED) is 0.779. The SMILES string of the molecule is N#Cc1cccc(N2CCC3CNCC3C2)n1. The summed E-state index contributed by atoms with van der Waals surface area (Å²) < 4.78 is 0. The molecule has 1 N–H and O–H groups in total. The van der Waals surface area contributed by atoms with Crippen LogP contribution in [0.3, 0.4) is 0 Å². The van der Waals surface area contributed by atoms with Crippen LogP contribution in [0.2, 0.25) is 0 Å². The van der Waals surface area contributed by atoms with Gasteiger partial charge in [-0.1, -0.05) is 6.07 Å². The molecule has 3 rings (SSSR count). The topological polar surface area (TPSA) is 52.0 Å². The number of piperidine rings is 1. The fraction of sp³-hybridized carbons (Fsp3) is 0.538. The molecule has 4 heteroatoms. The van der Waals surface area contributed by atoms with Crippen molar-refractivity contribution in [3.63, 3.8) is 0 Å². The molecule has 2 aliphatic rings. The number of nitriles is 1. The van der Waals surface area contributed by atoms with Gasteiger partial charge < -0.3 is 10.2 Å². The second-order valence-corrected chi connectivity index (χ2v) is 4.91. The van der Waals surface area contributed by atoms with E-state index in [9.17, 15) is 0 Å². The van der Waals surface area contributed by atoms with E-state index < -0.39 is 0 Å². The second-order valence-electron chi connectivity index (χ2n) is 4.91. The van der Waals surface area contributed by atoms with Gasteiger partial charge in [-0.2, -0.15) is 5.26 Å². The van der Waals surface area contributed by atoms with Crippen molar-refractivity contribution in [3.05, 3.63) is 23.9 Å². The molecule has 2 saturated heterocycles. The molecule has 0 spiro atoms. The Labute approximate surface area is 101 Å². The van der Waals surface area contributed by atoms with E-state index in [4.69, 9.17) is 5.26 Å². The zero-order valence-corrected chi connectivity index (χ0v) is 9.76. The molecular weight excluding hydrogens is 212 g/mol. The summed E-state index contributed by atoms with van der Waals surface area (Å²) in [5, 5.41) is 12.3. The van der Waals surface area contributed by atoms with Crippen LogP contribution in [0.1, 0.15) is 12.1 Å². The van der Waals surface area contributed by atoms with Crippen LogP contribution in [0.4, 0.5) is 5.82 Å². The lowest BCUT2D eigenvalue weighted by atomic mass is 9.89. The molecular formula is C13H16N4.